The number of benzene rings is 2. The minimum absolute atomic E-state index is 0.0233. The second-order valence-corrected chi connectivity index (χ2v) is 13.3. The molecule has 0 aliphatic rings. The maximum absolute atomic E-state index is 5.66. The molecule has 16 heavy (non-hydrogen) atoms. The van der Waals surface area contributed by atoms with Crippen molar-refractivity contribution in [2.45, 2.75) is 0 Å². The standard InChI is InChI=1S/C12H12N2Te2/c13-9-1-5-11(6-2-9)15-16-12-7-3-10(14)4-8-12/h1-8H,13-14H2. The molecule has 0 aliphatic heterocycles. The molecule has 0 aromatic heterocycles. The third-order valence-corrected chi connectivity index (χ3v) is 13.8. The Hall–Kier alpha value is -0.381. The van der Waals surface area contributed by atoms with Crippen LogP contribution >= 0.6 is 0 Å². The summed E-state index contributed by atoms with van der Waals surface area (Å²) in [4.78, 5) is 0. The van der Waals surface area contributed by atoms with Gasteiger partial charge in [0.25, 0.3) is 0 Å². The first-order valence-electron chi connectivity index (χ1n) is 4.79. The van der Waals surface area contributed by atoms with E-state index in [1.165, 1.54) is 7.22 Å². The van der Waals surface area contributed by atoms with Gasteiger partial charge in [0.2, 0.25) is 0 Å². The Balaban J connectivity index is 1.97. The van der Waals surface area contributed by atoms with Gasteiger partial charge in [0.1, 0.15) is 0 Å². The molecular weight excluding hydrogens is 427 g/mol. The van der Waals surface area contributed by atoms with Crippen LogP contribution in [-0.2, 0) is 0 Å². The van der Waals surface area contributed by atoms with Crippen LogP contribution in [0.3, 0.4) is 0 Å². The molecule has 0 radical (unpaired) electrons. The second kappa shape index (κ2) is 5.80. The van der Waals surface area contributed by atoms with E-state index in [-0.39, 0.29) is 34.1 Å². The monoisotopic (exact) mass is 444 g/mol. The molecule has 82 valence electrons. The molecule has 2 aromatic rings. The van der Waals surface area contributed by atoms with Crippen LogP contribution in [0.5, 0.6) is 0 Å². The van der Waals surface area contributed by atoms with Gasteiger partial charge in [0, 0.05) is 0 Å². The summed E-state index contributed by atoms with van der Waals surface area (Å²) in [5, 5.41) is 0. The number of anilines is 2. The molecule has 0 saturated heterocycles. The summed E-state index contributed by atoms with van der Waals surface area (Å²) in [5.41, 5.74) is 13.0. The zero-order valence-electron chi connectivity index (χ0n) is 8.59. The van der Waals surface area contributed by atoms with Gasteiger partial charge in [-0.25, -0.2) is 0 Å². The Morgan fingerprint density at radius 2 is 0.875 bits per heavy atom. The summed E-state index contributed by atoms with van der Waals surface area (Å²) in [5.74, 6) is 0. The molecule has 0 saturated carbocycles. The predicted molar refractivity (Wildman–Crippen MR) is 72.5 cm³/mol. The summed E-state index contributed by atoms with van der Waals surface area (Å²) < 4.78 is 3.00. The van der Waals surface area contributed by atoms with Gasteiger partial charge in [-0.1, -0.05) is 0 Å². The third kappa shape index (κ3) is 3.58. The Bertz CT molecular complexity index is 406. The van der Waals surface area contributed by atoms with E-state index in [1.807, 2.05) is 24.3 Å². The van der Waals surface area contributed by atoms with Crippen molar-refractivity contribution in [1.82, 2.24) is 0 Å². The Labute approximate surface area is 112 Å². The molecule has 4 heteroatoms. The molecule has 0 heterocycles. The first-order valence-corrected chi connectivity index (χ1v) is 14.5. The number of rotatable bonds is 3. The first-order chi connectivity index (χ1) is 7.74. The summed E-state index contributed by atoms with van der Waals surface area (Å²) in [6.07, 6.45) is 0. The van der Waals surface area contributed by atoms with E-state index in [4.69, 9.17) is 11.5 Å². The van der Waals surface area contributed by atoms with Gasteiger partial charge in [-0.15, -0.1) is 0 Å². The number of hydrogen-bond donors (Lipinski definition) is 2. The van der Waals surface area contributed by atoms with Crippen molar-refractivity contribution in [2.75, 3.05) is 11.5 Å². The van der Waals surface area contributed by atoms with Crippen molar-refractivity contribution in [1.29, 1.82) is 0 Å². The Morgan fingerprint density at radius 1 is 0.562 bits per heavy atom. The van der Waals surface area contributed by atoms with Gasteiger partial charge in [0.05, 0.1) is 0 Å². The summed E-state index contributed by atoms with van der Waals surface area (Å²) in [6, 6.07) is 16.6. The molecular formula is C12H12N2Te2. The van der Waals surface area contributed by atoms with Crippen LogP contribution in [0.15, 0.2) is 48.5 Å². The average molecular weight is 439 g/mol. The molecule has 4 N–H and O–H groups in total. The van der Waals surface area contributed by atoms with Crippen LogP contribution in [0.2, 0.25) is 0 Å². The zero-order valence-corrected chi connectivity index (χ0v) is 13.3. The van der Waals surface area contributed by atoms with E-state index in [1.54, 1.807) is 0 Å². The van der Waals surface area contributed by atoms with Crippen molar-refractivity contribution in [3.63, 3.8) is 0 Å². The first kappa shape index (κ1) is 12.1. The molecule has 0 unspecified atom stereocenters. The van der Waals surface area contributed by atoms with Crippen LogP contribution in [0.1, 0.15) is 0 Å². The number of nitrogens with two attached hydrogens (primary N) is 2. The molecule has 0 aliphatic carbocycles. The van der Waals surface area contributed by atoms with Gasteiger partial charge in [-0.05, 0) is 0 Å². The van der Waals surface area contributed by atoms with E-state index in [0.717, 1.165) is 11.4 Å². The van der Waals surface area contributed by atoms with E-state index < -0.39 is 0 Å². The van der Waals surface area contributed by atoms with E-state index in [2.05, 4.69) is 24.3 Å². The predicted octanol–water partition coefficient (Wildman–Crippen LogP) is 0.125. The van der Waals surface area contributed by atoms with Gasteiger partial charge in [0.15, 0.2) is 0 Å². The number of nitrogen functional groups attached to an aromatic ring is 2. The summed E-state index contributed by atoms with van der Waals surface area (Å²) in [6.45, 7) is 0. The topological polar surface area (TPSA) is 52.0 Å². The van der Waals surface area contributed by atoms with Gasteiger partial charge < -0.3 is 0 Å². The van der Waals surface area contributed by atoms with Crippen molar-refractivity contribution in [3.8, 4) is 0 Å². The molecule has 0 amide bonds. The molecule has 0 bridgehead atoms. The molecule has 0 fully saturated rings. The molecule has 2 aromatic carbocycles. The maximum atomic E-state index is 5.66. The Kier molecular flexibility index (Phi) is 4.38. The van der Waals surface area contributed by atoms with Crippen molar-refractivity contribution >= 4 is 52.7 Å². The third-order valence-electron chi connectivity index (χ3n) is 1.99. The van der Waals surface area contributed by atoms with E-state index >= 15 is 0 Å². The van der Waals surface area contributed by atoms with Crippen molar-refractivity contribution in [2.24, 2.45) is 0 Å². The zero-order chi connectivity index (χ0) is 11.4. The fraction of sp³-hybridized carbons (Fsp3) is 0. The summed E-state index contributed by atoms with van der Waals surface area (Å²) in [7, 11) is 0. The van der Waals surface area contributed by atoms with Gasteiger partial charge >= 0.3 is 113 Å². The van der Waals surface area contributed by atoms with E-state index in [0.29, 0.717) is 0 Å². The quantitative estimate of drug-likeness (QED) is 0.528. The molecule has 2 nitrogen and oxygen atoms in total. The van der Waals surface area contributed by atoms with Crippen LogP contribution in [0.25, 0.3) is 0 Å². The fourth-order valence-electron chi connectivity index (χ4n) is 1.14. The minimum atomic E-state index is -0.0233. The van der Waals surface area contributed by atoms with Crippen LogP contribution in [0.4, 0.5) is 11.4 Å². The average Bonchev–Trinajstić information content (AvgIpc) is 2.30. The summed E-state index contributed by atoms with van der Waals surface area (Å²) >= 11 is -0.0466. The number of hydrogen-bond acceptors (Lipinski definition) is 2. The van der Waals surface area contributed by atoms with E-state index in [9.17, 15) is 0 Å². The van der Waals surface area contributed by atoms with Gasteiger partial charge in [-0.3, -0.25) is 0 Å². The normalized spacial score (nSPS) is 10.2. The van der Waals surface area contributed by atoms with Crippen LogP contribution in [0, 0.1) is 0 Å². The molecule has 0 atom stereocenters. The fourth-order valence-corrected chi connectivity index (χ4v) is 11.0. The molecule has 0 spiro atoms. The van der Waals surface area contributed by atoms with Crippen molar-refractivity contribution < 1.29 is 0 Å². The van der Waals surface area contributed by atoms with Gasteiger partial charge in [-0.2, -0.15) is 0 Å². The van der Waals surface area contributed by atoms with Crippen molar-refractivity contribution in [3.05, 3.63) is 48.5 Å². The molecule has 2 rings (SSSR count). The van der Waals surface area contributed by atoms with Crippen LogP contribution < -0.4 is 18.7 Å². The van der Waals surface area contributed by atoms with Crippen LogP contribution in [-0.4, -0.2) is 34.1 Å². The SMILES string of the molecule is Nc1ccc([Te][Te]c2ccc(N)cc2)cc1. The second-order valence-electron chi connectivity index (χ2n) is 3.30. The Morgan fingerprint density at radius 3 is 1.19 bits per heavy atom.